The van der Waals surface area contributed by atoms with E-state index in [1.54, 1.807) is 0 Å². The molecule has 1 fully saturated rings. The van der Waals surface area contributed by atoms with E-state index in [0.29, 0.717) is 5.92 Å². The van der Waals surface area contributed by atoms with Crippen molar-refractivity contribution in [3.63, 3.8) is 0 Å². The van der Waals surface area contributed by atoms with Crippen LogP contribution in [0.5, 0.6) is 0 Å². The van der Waals surface area contributed by atoms with Gasteiger partial charge in [0.2, 0.25) is 0 Å². The van der Waals surface area contributed by atoms with Crippen LogP contribution < -0.4 is 5.32 Å². The molecule has 4 unspecified atom stereocenters. The summed E-state index contributed by atoms with van der Waals surface area (Å²) in [4.78, 5) is 0. The van der Waals surface area contributed by atoms with E-state index in [2.05, 4.69) is 26.1 Å². The van der Waals surface area contributed by atoms with E-state index >= 15 is 0 Å². The molecule has 0 radical (unpaired) electrons. The Labute approximate surface area is 129 Å². The zero-order valence-electron chi connectivity index (χ0n) is 14.0. The summed E-state index contributed by atoms with van der Waals surface area (Å²) in [6.45, 7) is 9.69. The lowest BCUT2D eigenvalue weighted by molar-refractivity contribution is 0.169. The molecule has 2 heteroatoms. The maximum absolute atomic E-state index is 14.6. The van der Waals surface area contributed by atoms with Crippen molar-refractivity contribution in [1.82, 2.24) is 5.32 Å². The lowest BCUT2D eigenvalue weighted by Crippen LogP contribution is -2.34. The van der Waals surface area contributed by atoms with Crippen molar-refractivity contribution in [3.8, 4) is 0 Å². The van der Waals surface area contributed by atoms with Gasteiger partial charge in [-0.05, 0) is 56.0 Å². The number of nitrogens with one attached hydrogen (secondary N) is 1. The minimum atomic E-state index is -0.0163. The molecule has 0 heterocycles. The molecule has 1 aromatic rings. The van der Waals surface area contributed by atoms with Crippen molar-refractivity contribution >= 4 is 0 Å². The van der Waals surface area contributed by atoms with Crippen molar-refractivity contribution < 1.29 is 4.39 Å². The second kappa shape index (κ2) is 7.40. The summed E-state index contributed by atoms with van der Waals surface area (Å²) in [6, 6.07) is 5.99. The molecule has 2 rings (SSSR count). The minimum Gasteiger partial charge on any atom is -0.310 e. The molecule has 0 amide bonds. The highest BCUT2D eigenvalue weighted by atomic mass is 19.1. The summed E-state index contributed by atoms with van der Waals surface area (Å²) >= 11 is 0. The number of benzene rings is 1. The monoisotopic (exact) mass is 291 g/mol. The topological polar surface area (TPSA) is 12.0 Å². The summed E-state index contributed by atoms with van der Waals surface area (Å²) < 4.78 is 14.6. The van der Waals surface area contributed by atoms with Crippen LogP contribution in [0.1, 0.15) is 63.6 Å². The van der Waals surface area contributed by atoms with Gasteiger partial charge in [-0.3, -0.25) is 0 Å². The quantitative estimate of drug-likeness (QED) is 0.781. The van der Waals surface area contributed by atoms with Crippen LogP contribution in [-0.4, -0.2) is 6.54 Å². The number of halogens is 1. The number of hydrogen-bond acceptors (Lipinski definition) is 1. The molecule has 1 saturated carbocycles. The number of hydrogen-bond donors (Lipinski definition) is 1. The van der Waals surface area contributed by atoms with Crippen molar-refractivity contribution in [2.24, 2.45) is 17.8 Å². The van der Waals surface area contributed by atoms with E-state index in [1.807, 2.05) is 25.1 Å². The molecule has 0 aliphatic heterocycles. The van der Waals surface area contributed by atoms with Crippen LogP contribution >= 0.6 is 0 Å². The maximum atomic E-state index is 14.6. The van der Waals surface area contributed by atoms with Gasteiger partial charge in [0.1, 0.15) is 5.82 Å². The predicted molar refractivity (Wildman–Crippen MR) is 87.8 cm³/mol. The third-order valence-electron chi connectivity index (χ3n) is 5.28. The number of aryl methyl sites for hydroxylation is 1. The third kappa shape index (κ3) is 3.85. The summed E-state index contributed by atoms with van der Waals surface area (Å²) in [7, 11) is 0. The highest BCUT2D eigenvalue weighted by molar-refractivity contribution is 5.28. The third-order valence-corrected chi connectivity index (χ3v) is 5.28. The average Bonchev–Trinajstić information content (AvgIpc) is 2.47. The molecular formula is C19H30FN. The van der Waals surface area contributed by atoms with Crippen LogP contribution in [0.2, 0.25) is 0 Å². The van der Waals surface area contributed by atoms with Gasteiger partial charge in [-0.15, -0.1) is 0 Å². The van der Waals surface area contributed by atoms with Gasteiger partial charge < -0.3 is 5.32 Å². The van der Waals surface area contributed by atoms with Crippen LogP contribution in [0.15, 0.2) is 18.2 Å². The highest BCUT2D eigenvalue weighted by Crippen LogP contribution is 2.40. The first-order valence-corrected chi connectivity index (χ1v) is 8.53. The lowest BCUT2D eigenvalue weighted by atomic mass is 9.72. The Bertz CT molecular complexity index is 457. The van der Waals surface area contributed by atoms with Gasteiger partial charge in [0, 0.05) is 11.6 Å². The fourth-order valence-electron chi connectivity index (χ4n) is 3.63. The summed E-state index contributed by atoms with van der Waals surface area (Å²) in [6.07, 6.45) is 4.77. The Kier molecular flexibility index (Phi) is 5.80. The Morgan fingerprint density at radius 3 is 2.67 bits per heavy atom. The fourth-order valence-corrected chi connectivity index (χ4v) is 3.63. The first-order valence-electron chi connectivity index (χ1n) is 8.53. The zero-order valence-corrected chi connectivity index (χ0v) is 14.0. The van der Waals surface area contributed by atoms with Crippen molar-refractivity contribution in [1.29, 1.82) is 0 Å². The van der Waals surface area contributed by atoms with Gasteiger partial charge in [0.15, 0.2) is 0 Å². The SMILES string of the molecule is CCCNC(c1cccc(C)c1F)C1CCC(C)C(C)C1. The number of rotatable bonds is 5. The van der Waals surface area contributed by atoms with Crippen molar-refractivity contribution in [2.75, 3.05) is 6.54 Å². The maximum Gasteiger partial charge on any atom is 0.130 e. The van der Waals surface area contributed by atoms with Gasteiger partial charge in [-0.25, -0.2) is 4.39 Å². The smallest absolute Gasteiger partial charge is 0.130 e. The van der Waals surface area contributed by atoms with Crippen LogP contribution in [0, 0.1) is 30.5 Å². The predicted octanol–water partition coefficient (Wildman–Crippen LogP) is 5.25. The second-order valence-electron chi connectivity index (χ2n) is 6.94. The molecule has 21 heavy (non-hydrogen) atoms. The normalized spacial score (nSPS) is 27.6. The molecule has 1 aliphatic rings. The molecular weight excluding hydrogens is 261 g/mol. The largest absolute Gasteiger partial charge is 0.310 e. The van der Waals surface area contributed by atoms with E-state index < -0.39 is 0 Å². The van der Waals surface area contributed by atoms with E-state index in [9.17, 15) is 4.39 Å². The van der Waals surface area contributed by atoms with E-state index in [-0.39, 0.29) is 11.9 Å². The molecule has 0 spiro atoms. The Balaban J connectivity index is 2.23. The summed E-state index contributed by atoms with van der Waals surface area (Å²) in [5, 5.41) is 3.62. The summed E-state index contributed by atoms with van der Waals surface area (Å²) in [5.41, 5.74) is 1.63. The van der Waals surface area contributed by atoms with Gasteiger partial charge in [0.05, 0.1) is 0 Å². The van der Waals surface area contributed by atoms with Crippen LogP contribution in [0.25, 0.3) is 0 Å². The molecule has 4 atom stereocenters. The van der Waals surface area contributed by atoms with E-state index in [1.165, 1.54) is 19.3 Å². The van der Waals surface area contributed by atoms with Crippen LogP contribution in [0.4, 0.5) is 4.39 Å². The zero-order chi connectivity index (χ0) is 15.4. The lowest BCUT2D eigenvalue weighted by Gasteiger charge is -2.37. The van der Waals surface area contributed by atoms with E-state index in [0.717, 1.165) is 35.9 Å². The molecule has 1 N–H and O–H groups in total. The first-order chi connectivity index (χ1) is 10.0. The molecule has 1 aromatic carbocycles. The van der Waals surface area contributed by atoms with Crippen LogP contribution in [-0.2, 0) is 0 Å². The van der Waals surface area contributed by atoms with Crippen molar-refractivity contribution in [2.45, 2.75) is 59.4 Å². The molecule has 118 valence electrons. The van der Waals surface area contributed by atoms with E-state index in [4.69, 9.17) is 0 Å². The Hall–Kier alpha value is -0.890. The van der Waals surface area contributed by atoms with Gasteiger partial charge in [0.25, 0.3) is 0 Å². The molecule has 1 nitrogen and oxygen atoms in total. The highest BCUT2D eigenvalue weighted by Gasteiger charge is 2.32. The van der Waals surface area contributed by atoms with Gasteiger partial charge in [-0.1, -0.05) is 45.4 Å². The first kappa shape index (κ1) is 16.5. The molecule has 1 aliphatic carbocycles. The Morgan fingerprint density at radius 2 is 2.00 bits per heavy atom. The summed E-state index contributed by atoms with van der Waals surface area (Å²) in [5.74, 6) is 2.08. The Morgan fingerprint density at radius 1 is 1.24 bits per heavy atom. The second-order valence-corrected chi connectivity index (χ2v) is 6.94. The molecule has 0 bridgehead atoms. The minimum absolute atomic E-state index is 0.0163. The molecule has 0 aromatic heterocycles. The molecule has 0 saturated heterocycles. The van der Waals surface area contributed by atoms with Gasteiger partial charge >= 0.3 is 0 Å². The van der Waals surface area contributed by atoms with Crippen molar-refractivity contribution in [3.05, 3.63) is 35.1 Å². The standard InChI is InChI=1S/C19H30FN/c1-5-11-21-19(16-10-9-13(2)15(4)12-16)17-8-6-7-14(3)18(17)20/h6-8,13,15-16,19,21H,5,9-12H2,1-4H3. The van der Waals surface area contributed by atoms with Gasteiger partial charge in [-0.2, -0.15) is 0 Å². The van der Waals surface area contributed by atoms with Crippen LogP contribution in [0.3, 0.4) is 0 Å². The average molecular weight is 291 g/mol. The fraction of sp³-hybridized carbons (Fsp3) is 0.684.